The molecule has 0 bridgehead atoms. The second-order valence-electron chi connectivity index (χ2n) is 5.29. The van der Waals surface area contributed by atoms with Crippen molar-refractivity contribution < 1.29 is 14.3 Å². The lowest BCUT2D eigenvalue weighted by Gasteiger charge is -2.12. The van der Waals surface area contributed by atoms with Gasteiger partial charge in [-0.25, -0.2) is 4.79 Å². The van der Waals surface area contributed by atoms with E-state index in [9.17, 15) is 9.59 Å². The van der Waals surface area contributed by atoms with Gasteiger partial charge in [0.05, 0.1) is 0 Å². The minimum absolute atomic E-state index is 0.372. The van der Waals surface area contributed by atoms with Crippen LogP contribution in [0.2, 0.25) is 0 Å². The van der Waals surface area contributed by atoms with Gasteiger partial charge in [0, 0.05) is 16.2 Å². The number of carbonyl (C=O) groups is 2. The lowest BCUT2D eigenvalue weighted by Crippen LogP contribution is -2.29. The van der Waals surface area contributed by atoms with Crippen LogP contribution >= 0.6 is 15.9 Å². The Labute approximate surface area is 149 Å². The predicted molar refractivity (Wildman–Crippen MR) is 98.5 cm³/mol. The smallest absolute Gasteiger partial charge is 0.331 e. The van der Waals surface area contributed by atoms with Gasteiger partial charge in [0.25, 0.3) is 5.91 Å². The molecule has 0 fully saturated rings. The minimum atomic E-state index is -0.887. The first kappa shape index (κ1) is 17.9. The summed E-state index contributed by atoms with van der Waals surface area (Å²) >= 11 is 3.40. The Kier molecular flexibility index (Phi) is 6.32. The van der Waals surface area contributed by atoms with E-state index in [0.29, 0.717) is 5.69 Å². The number of esters is 1. The highest BCUT2D eigenvalue weighted by atomic mass is 79.9. The van der Waals surface area contributed by atoms with Crippen LogP contribution in [0, 0.1) is 6.92 Å². The first-order valence-electron chi connectivity index (χ1n) is 7.46. The second-order valence-corrected chi connectivity index (χ2v) is 6.15. The number of rotatable bonds is 5. The number of ether oxygens (including phenoxy) is 1. The SMILES string of the molecule is Cc1cccc(NC(=O)[C@H](C)OC(=O)/C=C/c2ccccc2Br)c1. The molecule has 24 heavy (non-hydrogen) atoms. The monoisotopic (exact) mass is 387 g/mol. The summed E-state index contributed by atoms with van der Waals surface area (Å²) in [6.07, 6.45) is 2.05. The molecule has 0 heterocycles. The fraction of sp³-hybridized carbons (Fsp3) is 0.158. The van der Waals surface area contributed by atoms with Crippen molar-refractivity contribution in [1.29, 1.82) is 0 Å². The number of halogens is 1. The van der Waals surface area contributed by atoms with E-state index in [2.05, 4.69) is 21.2 Å². The van der Waals surface area contributed by atoms with E-state index in [1.165, 1.54) is 13.0 Å². The predicted octanol–water partition coefficient (Wildman–Crippen LogP) is 4.34. The molecule has 0 aliphatic carbocycles. The lowest BCUT2D eigenvalue weighted by atomic mass is 10.2. The fourth-order valence-electron chi connectivity index (χ4n) is 2.00. The molecule has 124 valence electrons. The van der Waals surface area contributed by atoms with Crippen molar-refractivity contribution in [2.75, 3.05) is 5.32 Å². The van der Waals surface area contributed by atoms with Crippen molar-refractivity contribution in [3.05, 3.63) is 70.2 Å². The van der Waals surface area contributed by atoms with Crippen molar-refractivity contribution in [3.63, 3.8) is 0 Å². The Hall–Kier alpha value is -2.40. The van der Waals surface area contributed by atoms with E-state index in [-0.39, 0.29) is 5.91 Å². The van der Waals surface area contributed by atoms with Crippen LogP contribution < -0.4 is 5.32 Å². The molecule has 4 nitrogen and oxygen atoms in total. The first-order chi connectivity index (χ1) is 11.5. The molecule has 0 saturated heterocycles. The zero-order chi connectivity index (χ0) is 17.5. The average molecular weight is 388 g/mol. The van der Waals surface area contributed by atoms with Crippen molar-refractivity contribution in [3.8, 4) is 0 Å². The highest BCUT2D eigenvalue weighted by Crippen LogP contribution is 2.17. The van der Waals surface area contributed by atoms with Crippen LogP contribution in [-0.2, 0) is 14.3 Å². The summed E-state index contributed by atoms with van der Waals surface area (Å²) in [4.78, 5) is 23.9. The van der Waals surface area contributed by atoms with E-state index >= 15 is 0 Å². The third kappa shape index (κ3) is 5.35. The van der Waals surface area contributed by atoms with Crippen LogP contribution in [0.1, 0.15) is 18.1 Å². The van der Waals surface area contributed by atoms with E-state index in [1.54, 1.807) is 12.1 Å². The molecule has 0 aromatic heterocycles. The van der Waals surface area contributed by atoms with E-state index < -0.39 is 12.1 Å². The number of anilines is 1. The van der Waals surface area contributed by atoms with Gasteiger partial charge in [-0.05, 0) is 49.2 Å². The molecule has 2 rings (SSSR count). The third-order valence-corrected chi connectivity index (χ3v) is 3.97. The quantitative estimate of drug-likeness (QED) is 0.613. The van der Waals surface area contributed by atoms with Crippen LogP contribution in [0.3, 0.4) is 0 Å². The van der Waals surface area contributed by atoms with Crippen LogP contribution in [-0.4, -0.2) is 18.0 Å². The largest absolute Gasteiger partial charge is 0.449 e. The summed E-state index contributed by atoms with van der Waals surface area (Å²) in [7, 11) is 0. The summed E-state index contributed by atoms with van der Waals surface area (Å²) in [6, 6.07) is 14.9. The van der Waals surface area contributed by atoms with E-state index in [4.69, 9.17) is 4.74 Å². The van der Waals surface area contributed by atoms with Gasteiger partial charge in [-0.15, -0.1) is 0 Å². The molecule has 1 N–H and O–H groups in total. The average Bonchev–Trinajstić information content (AvgIpc) is 2.54. The van der Waals surface area contributed by atoms with Crippen molar-refractivity contribution in [1.82, 2.24) is 0 Å². The third-order valence-electron chi connectivity index (χ3n) is 3.25. The zero-order valence-corrected chi connectivity index (χ0v) is 15.0. The maximum absolute atomic E-state index is 12.1. The molecule has 2 aromatic carbocycles. The number of nitrogens with one attached hydrogen (secondary N) is 1. The molecule has 0 unspecified atom stereocenters. The highest BCUT2D eigenvalue weighted by Gasteiger charge is 2.16. The Morgan fingerprint density at radius 3 is 2.62 bits per heavy atom. The van der Waals surface area contributed by atoms with Crippen LogP contribution in [0.5, 0.6) is 0 Å². The molecule has 1 amide bonds. The molecule has 0 aliphatic rings. The molecule has 2 aromatic rings. The maximum atomic E-state index is 12.1. The molecule has 0 radical (unpaired) electrons. The lowest BCUT2D eigenvalue weighted by molar-refractivity contribution is -0.148. The topological polar surface area (TPSA) is 55.4 Å². The Morgan fingerprint density at radius 2 is 1.92 bits per heavy atom. The molecular formula is C19H18BrNO3. The number of carbonyl (C=O) groups excluding carboxylic acids is 2. The molecular weight excluding hydrogens is 370 g/mol. The summed E-state index contributed by atoms with van der Waals surface area (Å²) < 4.78 is 6.00. The van der Waals surface area contributed by atoms with Crippen molar-refractivity contribution >= 4 is 39.6 Å². The van der Waals surface area contributed by atoms with Crippen LogP contribution in [0.4, 0.5) is 5.69 Å². The second kappa shape index (κ2) is 8.45. The number of hydrogen-bond donors (Lipinski definition) is 1. The summed E-state index contributed by atoms with van der Waals surface area (Å²) in [5.74, 6) is -0.944. The van der Waals surface area contributed by atoms with Gasteiger partial charge in [-0.1, -0.05) is 46.3 Å². The molecule has 0 saturated carbocycles. The number of amides is 1. The van der Waals surface area contributed by atoms with Crippen molar-refractivity contribution in [2.24, 2.45) is 0 Å². The fourth-order valence-corrected chi connectivity index (χ4v) is 2.42. The zero-order valence-electron chi connectivity index (χ0n) is 13.5. The molecule has 0 aliphatic heterocycles. The Bertz CT molecular complexity index is 771. The minimum Gasteiger partial charge on any atom is -0.449 e. The van der Waals surface area contributed by atoms with Gasteiger partial charge >= 0.3 is 5.97 Å². The van der Waals surface area contributed by atoms with Gasteiger partial charge in [0.2, 0.25) is 0 Å². The standard InChI is InChI=1S/C19H18BrNO3/c1-13-6-5-8-16(12-13)21-19(23)14(2)24-18(22)11-10-15-7-3-4-9-17(15)20/h3-12,14H,1-2H3,(H,21,23)/b11-10+/t14-/m0/s1. The Balaban J connectivity index is 1.91. The Morgan fingerprint density at radius 1 is 1.17 bits per heavy atom. The van der Waals surface area contributed by atoms with Gasteiger partial charge in [0.1, 0.15) is 0 Å². The highest BCUT2D eigenvalue weighted by molar-refractivity contribution is 9.10. The normalized spacial score (nSPS) is 12.0. The first-order valence-corrected chi connectivity index (χ1v) is 8.26. The van der Waals surface area contributed by atoms with Crippen LogP contribution in [0.25, 0.3) is 6.08 Å². The van der Waals surface area contributed by atoms with Gasteiger partial charge in [0.15, 0.2) is 6.10 Å². The molecule has 5 heteroatoms. The number of hydrogen-bond acceptors (Lipinski definition) is 3. The van der Waals surface area contributed by atoms with Gasteiger partial charge in [-0.3, -0.25) is 4.79 Å². The van der Waals surface area contributed by atoms with E-state index in [1.807, 2.05) is 49.4 Å². The number of aryl methyl sites for hydroxylation is 1. The maximum Gasteiger partial charge on any atom is 0.331 e. The summed E-state index contributed by atoms with van der Waals surface area (Å²) in [5.41, 5.74) is 2.56. The van der Waals surface area contributed by atoms with Crippen LogP contribution in [0.15, 0.2) is 59.1 Å². The molecule has 0 spiro atoms. The van der Waals surface area contributed by atoms with E-state index in [0.717, 1.165) is 15.6 Å². The summed E-state index contributed by atoms with van der Waals surface area (Å²) in [5, 5.41) is 2.72. The van der Waals surface area contributed by atoms with Gasteiger partial charge < -0.3 is 10.1 Å². The summed E-state index contributed by atoms with van der Waals surface area (Å²) in [6.45, 7) is 3.47. The number of benzene rings is 2. The molecule has 1 atom stereocenters. The van der Waals surface area contributed by atoms with Gasteiger partial charge in [-0.2, -0.15) is 0 Å². The van der Waals surface area contributed by atoms with Crippen molar-refractivity contribution in [2.45, 2.75) is 20.0 Å².